The maximum atomic E-state index is 12.8. The van der Waals surface area contributed by atoms with E-state index in [-0.39, 0.29) is 17.9 Å². The summed E-state index contributed by atoms with van der Waals surface area (Å²) in [5.41, 5.74) is 0. The van der Waals surface area contributed by atoms with Gasteiger partial charge in [-0.2, -0.15) is 0 Å². The highest BCUT2D eigenvalue weighted by atomic mass is 32.2. The van der Waals surface area contributed by atoms with E-state index in [2.05, 4.69) is 26.6 Å². The van der Waals surface area contributed by atoms with Crippen LogP contribution in [-0.2, 0) is 16.1 Å². The van der Waals surface area contributed by atoms with Crippen LogP contribution in [0.15, 0.2) is 5.16 Å². The highest BCUT2D eigenvalue weighted by Crippen LogP contribution is 2.30. The Labute approximate surface area is 172 Å². The molecule has 4 heterocycles. The standard InChI is InChI=1S/C20H33N5O2S/c1-2-25-18(21-22-20(25)28-14-12-23-9-3-4-10-23)16-7-5-11-24(15-16)19(26)17-8-6-13-27-17/h16-17H,2-15H2,1H3/t16-,17+/m0/s1. The van der Waals surface area contributed by atoms with Crippen LogP contribution >= 0.6 is 11.8 Å². The van der Waals surface area contributed by atoms with Gasteiger partial charge in [0.15, 0.2) is 5.16 Å². The largest absolute Gasteiger partial charge is 0.368 e. The molecule has 0 saturated carbocycles. The Morgan fingerprint density at radius 3 is 2.75 bits per heavy atom. The predicted molar refractivity (Wildman–Crippen MR) is 110 cm³/mol. The average Bonchev–Trinajstić information content (AvgIpc) is 3.49. The molecule has 3 fully saturated rings. The molecule has 1 aromatic rings. The van der Waals surface area contributed by atoms with Crippen LogP contribution in [-0.4, -0.2) is 81.7 Å². The molecule has 7 nitrogen and oxygen atoms in total. The van der Waals surface area contributed by atoms with Crippen LogP contribution in [0.4, 0.5) is 0 Å². The molecule has 0 N–H and O–H groups in total. The van der Waals surface area contributed by atoms with Gasteiger partial charge in [0.25, 0.3) is 5.91 Å². The molecule has 3 aliphatic rings. The lowest BCUT2D eigenvalue weighted by molar-refractivity contribution is -0.142. The number of carbonyl (C=O) groups is 1. The number of aromatic nitrogens is 3. The molecular weight excluding hydrogens is 374 g/mol. The third-order valence-electron chi connectivity index (χ3n) is 6.20. The van der Waals surface area contributed by atoms with E-state index in [1.165, 1.54) is 25.9 Å². The van der Waals surface area contributed by atoms with E-state index in [0.717, 1.165) is 75.2 Å². The second kappa shape index (κ2) is 9.59. The van der Waals surface area contributed by atoms with Gasteiger partial charge < -0.3 is 19.1 Å². The fourth-order valence-electron chi connectivity index (χ4n) is 4.64. The first-order valence-corrected chi connectivity index (χ1v) is 11.9. The van der Waals surface area contributed by atoms with Gasteiger partial charge in [-0.25, -0.2) is 0 Å². The number of hydrogen-bond donors (Lipinski definition) is 0. The van der Waals surface area contributed by atoms with Crippen molar-refractivity contribution in [3.05, 3.63) is 5.82 Å². The number of nitrogens with zero attached hydrogens (tertiary/aromatic N) is 5. The van der Waals surface area contributed by atoms with E-state index >= 15 is 0 Å². The molecule has 1 aromatic heterocycles. The van der Waals surface area contributed by atoms with Gasteiger partial charge in [0.2, 0.25) is 0 Å². The predicted octanol–water partition coefficient (Wildman–Crippen LogP) is 2.37. The zero-order chi connectivity index (χ0) is 19.3. The SMILES string of the molecule is CCn1c(SCCN2CCCC2)nnc1[C@H]1CCCN(C(=O)[C@H]2CCCO2)C1. The Bertz CT molecular complexity index is 655. The van der Waals surface area contributed by atoms with Gasteiger partial charge in [-0.3, -0.25) is 4.79 Å². The molecule has 0 radical (unpaired) electrons. The van der Waals surface area contributed by atoms with Gasteiger partial charge in [0.1, 0.15) is 11.9 Å². The van der Waals surface area contributed by atoms with Crippen molar-refractivity contribution in [3.63, 3.8) is 0 Å². The minimum absolute atomic E-state index is 0.171. The maximum Gasteiger partial charge on any atom is 0.251 e. The molecule has 1 amide bonds. The highest BCUT2D eigenvalue weighted by Gasteiger charge is 2.33. The Balaban J connectivity index is 1.37. The number of hydrogen-bond acceptors (Lipinski definition) is 6. The fraction of sp³-hybridized carbons (Fsp3) is 0.850. The number of piperidine rings is 1. The zero-order valence-corrected chi connectivity index (χ0v) is 17.8. The zero-order valence-electron chi connectivity index (χ0n) is 17.0. The molecule has 0 aliphatic carbocycles. The summed E-state index contributed by atoms with van der Waals surface area (Å²) in [4.78, 5) is 17.3. The van der Waals surface area contributed by atoms with E-state index in [1.54, 1.807) is 0 Å². The lowest BCUT2D eigenvalue weighted by Gasteiger charge is -2.33. The third kappa shape index (κ3) is 4.54. The van der Waals surface area contributed by atoms with Crippen molar-refractivity contribution in [2.24, 2.45) is 0 Å². The first kappa shape index (κ1) is 20.2. The number of ether oxygens (including phenoxy) is 1. The Morgan fingerprint density at radius 2 is 2.00 bits per heavy atom. The molecule has 28 heavy (non-hydrogen) atoms. The molecule has 0 bridgehead atoms. The molecule has 0 aromatic carbocycles. The van der Waals surface area contributed by atoms with Crippen LogP contribution < -0.4 is 0 Å². The van der Waals surface area contributed by atoms with Crippen molar-refractivity contribution in [2.75, 3.05) is 45.1 Å². The number of carbonyl (C=O) groups excluding carboxylic acids is 1. The first-order chi connectivity index (χ1) is 13.8. The normalized spacial score (nSPS) is 26.2. The van der Waals surface area contributed by atoms with Crippen molar-refractivity contribution in [3.8, 4) is 0 Å². The lowest BCUT2D eigenvalue weighted by Crippen LogP contribution is -2.44. The van der Waals surface area contributed by atoms with Crippen molar-refractivity contribution in [1.82, 2.24) is 24.6 Å². The Kier molecular flexibility index (Phi) is 6.90. The molecular formula is C20H33N5O2S. The Morgan fingerprint density at radius 1 is 1.14 bits per heavy atom. The monoisotopic (exact) mass is 407 g/mol. The second-order valence-corrected chi connectivity index (χ2v) is 9.17. The van der Waals surface area contributed by atoms with Gasteiger partial charge >= 0.3 is 0 Å². The van der Waals surface area contributed by atoms with E-state index in [4.69, 9.17) is 4.74 Å². The van der Waals surface area contributed by atoms with Crippen LogP contribution in [0.2, 0.25) is 0 Å². The molecule has 0 spiro atoms. The van der Waals surface area contributed by atoms with Crippen molar-refractivity contribution < 1.29 is 9.53 Å². The van der Waals surface area contributed by atoms with Gasteiger partial charge in [0, 0.05) is 44.5 Å². The molecule has 3 saturated heterocycles. The Hall–Kier alpha value is -1.12. The quantitative estimate of drug-likeness (QED) is 0.647. The van der Waals surface area contributed by atoms with Gasteiger partial charge in [0.05, 0.1) is 0 Å². The van der Waals surface area contributed by atoms with E-state index < -0.39 is 0 Å². The number of rotatable bonds is 7. The lowest BCUT2D eigenvalue weighted by atomic mass is 9.96. The topological polar surface area (TPSA) is 63.5 Å². The molecule has 4 rings (SSSR count). The van der Waals surface area contributed by atoms with Crippen LogP contribution in [0.5, 0.6) is 0 Å². The van der Waals surface area contributed by atoms with Crippen molar-refractivity contribution >= 4 is 17.7 Å². The average molecular weight is 408 g/mol. The van der Waals surface area contributed by atoms with Crippen LogP contribution in [0, 0.1) is 0 Å². The maximum absolute atomic E-state index is 12.8. The summed E-state index contributed by atoms with van der Waals surface area (Å²) in [6, 6.07) is 0. The van der Waals surface area contributed by atoms with Gasteiger partial charge in [-0.05, 0) is 58.5 Å². The highest BCUT2D eigenvalue weighted by molar-refractivity contribution is 7.99. The summed E-state index contributed by atoms with van der Waals surface area (Å²) in [7, 11) is 0. The summed E-state index contributed by atoms with van der Waals surface area (Å²) >= 11 is 1.82. The molecule has 0 unspecified atom stereocenters. The van der Waals surface area contributed by atoms with E-state index in [9.17, 15) is 4.79 Å². The van der Waals surface area contributed by atoms with Crippen LogP contribution in [0.25, 0.3) is 0 Å². The summed E-state index contributed by atoms with van der Waals surface area (Å²) in [6.07, 6.45) is 6.41. The van der Waals surface area contributed by atoms with Gasteiger partial charge in [-0.1, -0.05) is 11.8 Å². The minimum Gasteiger partial charge on any atom is -0.368 e. The summed E-state index contributed by atoms with van der Waals surface area (Å²) < 4.78 is 7.88. The number of likely N-dealkylation sites (tertiary alicyclic amines) is 2. The number of thioether (sulfide) groups is 1. The minimum atomic E-state index is -0.223. The third-order valence-corrected chi connectivity index (χ3v) is 7.15. The number of amides is 1. The molecule has 3 aliphatic heterocycles. The van der Waals surface area contributed by atoms with E-state index in [1.807, 2.05) is 16.7 Å². The fourth-order valence-corrected chi connectivity index (χ4v) is 5.65. The summed E-state index contributed by atoms with van der Waals surface area (Å²) in [5.74, 6) is 2.56. The van der Waals surface area contributed by atoms with E-state index in [0.29, 0.717) is 0 Å². The van der Waals surface area contributed by atoms with Crippen molar-refractivity contribution in [2.45, 2.75) is 69.2 Å². The summed E-state index contributed by atoms with van der Waals surface area (Å²) in [6.45, 7) is 8.95. The smallest absolute Gasteiger partial charge is 0.251 e. The molecule has 8 heteroatoms. The summed E-state index contributed by atoms with van der Waals surface area (Å²) in [5, 5.41) is 10.1. The molecule has 156 valence electrons. The van der Waals surface area contributed by atoms with Crippen LogP contribution in [0.3, 0.4) is 0 Å². The molecule has 2 atom stereocenters. The second-order valence-electron chi connectivity index (χ2n) is 8.11. The van der Waals surface area contributed by atoms with Crippen LogP contribution in [0.1, 0.15) is 57.2 Å². The van der Waals surface area contributed by atoms with Gasteiger partial charge in [-0.15, -0.1) is 10.2 Å². The first-order valence-electron chi connectivity index (χ1n) is 10.9. The van der Waals surface area contributed by atoms with Crippen molar-refractivity contribution in [1.29, 1.82) is 0 Å².